The number of aldehydes is 1. The van der Waals surface area contributed by atoms with Crippen LogP contribution in [0.5, 0.6) is 11.5 Å². The largest absolute Gasteiger partial charge is 0.497 e. The molecule has 0 radical (unpaired) electrons. The van der Waals surface area contributed by atoms with Gasteiger partial charge in [0, 0.05) is 43.0 Å². The second-order valence-corrected chi connectivity index (χ2v) is 7.12. The van der Waals surface area contributed by atoms with E-state index in [2.05, 4.69) is 26.9 Å². The number of aromatic nitrogens is 4. The Labute approximate surface area is 179 Å². The smallest absolute Gasteiger partial charge is 0.200 e. The number of ether oxygens (including phenoxy) is 2. The summed E-state index contributed by atoms with van der Waals surface area (Å²) in [5, 5.41) is 5.35. The molecule has 1 saturated heterocycles. The van der Waals surface area contributed by atoms with Crippen LogP contribution in [0.4, 0.5) is 0 Å². The van der Waals surface area contributed by atoms with E-state index in [1.165, 1.54) is 12.4 Å². The van der Waals surface area contributed by atoms with Crippen LogP contribution in [0, 0.1) is 11.8 Å². The summed E-state index contributed by atoms with van der Waals surface area (Å²) in [6, 6.07) is 5.26. The van der Waals surface area contributed by atoms with Gasteiger partial charge in [0.1, 0.15) is 24.1 Å². The van der Waals surface area contributed by atoms with Crippen molar-refractivity contribution in [1.82, 2.24) is 24.6 Å². The minimum absolute atomic E-state index is 0.175. The van der Waals surface area contributed by atoms with E-state index in [0.29, 0.717) is 35.7 Å². The molecule has 0 bridgehead atoms. The number of likely N-dealkylation sites (tertiary alicyclic amines) is 1. The molecule has 2 unspecified atom stereocenters. The molecule has 31 heavy (non-hydrogen) atoms. The lowest BCUT2D eigenvalue weighted by atomic mass is 10.0. The number of rotatable bonds is 5. The predicted octanol–water partition coefficient (Wildman–Crippen LogP) is 1.29. The third kappa shape index (κ3) is 3.81. The first-order valence-corrected chi connectivity index (χ1v) is 9.64. The summed E-state index contributed by atoms with van der Waals surface area (Å²) in [5.41, 5.74) is 6.74. The summed E-state index contributed by atoms with van der Waals surface area (Å²) in [5.74, 6) is 7.85. The molecule has 2 atom stereocenters. The summed E-state index contributed by atoms with van der Waals surface area (Å²) in [6.07, 6.45) is 9.18. The van der Waals surface area contributed by atoms with Gasteiger partial charge in [-0.05, 0) is 24.1 Å². The van der Waals surface area contributed by atoms with Crippen LogP contribution in [0.25, 0.3) is 11.0 Å². The fraction of sp³-hybridized carbons (Fsp3) is 0.273. The van der Waals surface area contributed by atoms with E-state index in [0.717, 1.165) is 11.7 Å². The third-order valence-electron chi connectivity index (χ3n) is 5.14. The van der Waals surface area contributed by atoms with E-state index in [1.54, 1.807) is 43.6 Å². The number of hydrogen-bond donors (Lipinski definition) is 1. The first-order valence-electron chi connectivity index (χ1n) is 9.64. The molecule has 3 aromatic rings. The summed E-state index contributed by atoms with van der Waals surface area (Å²) >= 11 is 0. The standard InChI is InChI=1S/C22H22N6O3/c1-30-19-8-16(9-20(10-19)31-2)4-5-22(11-18(23)14-27(22)6-3-7-29)28-21-17(13-26-28)12-24-15-25-21/h3,6-10,12-13,15,18H,11,14,23H2,1-2H3. The summed E-state index contributed by atoms with van der Waals surface area (Å²) < 4.78 is 12.5. The van der Waals surface area contributed by atoms with Crippen LogP contribution in [-0.4, -0.2) is 57.7 Å². The molecule has 1 fully saturated rings. The van der Waals surface area contributed by atoms with Crippen molar-refractivity contribution in [2.75, 3.05) is 20.8 Å². The first-order chi connectivity index (χ1) is 15.1. The maximum Gasteiger partial charge on any atom is 0.200 e. The van der Waals surface area contributed by atoms with Gasteiger partial charge in [-0.1, -0.05) is 5.92 Å². The normalized spacial score (nSPS) is 20.6. The van der Waals surface area contributed by atoms with Gasteiger partial charge in [-0.3, -0.25) is 4.79 Å². The Morgan fingerprint density at radius 1 is 1.23 bits per heavy atom. The predicted molar refractivity (Wildman–Crippen MR) is 114 cm³/mol. The lowest BCUT2D eigenvalue weighted by Gasteiger charge is -2.33. The number of fused-ring (bicyclic) bond motifs is 1. The Morgan fingerprint density at radius 2 is 2.00 bits per heavy atom. The van der Waals surface area contributed by atoms with Gasteiger partial charge in [0.15, 0.2) is 11.3 Å². The van der Waals surface area contributed by atoms with Gasteiger partial charge >= 0.3 is 0 Å². The quantitative estimate of drug-likeness (QED) is 0.375. The van der Waals surface area contributed by atoms with Gasteiger partial charge in [0.05, 0.1) is 25.8 Å². The molecule has 4 rings (SSSR count). The van der Waals surface area contributed by atoms with E-state index in [9.17, 15) is 4.79 Å². The number of hydrogen-bond acceptors (Lipinski definition) is 8. The molecule has 0 aliphatic carbocycles. The Bertz CT molecular complexity index is 1170. The highest BCUT2D eigenvalue weighted by atomic mass is 16.5. The van der Waals surface area contributed by atoms with Gasteiger partial charge in [-0.2, -0.15) is 5.10 Å². The lowest BCUT2D eigenvalue weighted by Crippen LogP contribution is -2.43. The number of nitrogens with zero attached hydrogens (tertiary/aromatic N) is 5. The van der Waals surface area contributed by atoms with Gasteiger partial charge in [0.25, 0.3) is 0 Å². The monoisotopic (exact) mass is 418 g/mol. The highest BCUT2D eigenvalue weighted by molar-refractivity contribution is 5.73. The number of benzene rings is 1. The second-order valence-electron chi connectivity index (χ2n) is 7.12. The number of methoxy groups -OCH3 is 2. The van der Waals surface area contributed by atoms with Crippen LogP contribution >= 0.6 is 0 Å². The van der Waals surface area contributed by atoms with Crippen molar-refractivity contribution < 1.29 is 14.3 Å². The van der Waals surface area contributed by atoms with Crippen molar-refractivity contribution in [3.05, 3.63) is 54.8 Å². The number of nitrogens with two attached hydrogens (primary N) is 1. The Hall–Kier alpha value is -3.90. The minimum atomic E-state index is -0.939. The van der Waals surface area contributed by atoms with Crippen molar-refractivity contribution in [3.8, 4) is 23.3 Å². The fourth-order valence-corrected chi connectivity index (χ4v) is 3.76. The van der Waals surface area contributed by atoms with E-state index < -0.39 is 5.66 Å². The van der Waals surface area contributed by atoms with Crippen LogP contribution < -0.4 is 15.2 Å². The molecule has 0 saturated carbocycles. The average Bonchev–Trinajstić information content (AvgIpc) is 3.37. The summed E-state index contributed by atoms with van der Waals surface area (Å²) in [6.45, 7) is 0.507. The van der Waals surface area contributed by atoms with Gasteiger partial charge in [-0.25, -0.2) is 14.6 Å². The van der Waals surface area contributed by atoms with E-state index in [4.69, 9.17) is 15.2 Å². The average molecular weight is 418 g/mol. The highest BCUT2D eigenvalue weighted by Gasteiger charge is 2.45. The lowest BCUT2D eigenvalue weighted by molar-refractivity contribution is -0.104. The molecule has 2 N–H and O–H groups in total. The van der Waals surface area contributed by atoms with Crippen LogP contribution in [0.15, 0.2) is 49.2 Å². The Morgan fingerprint density at radius 3 is 2.71 bits per heavy atom. The van der Waals surface area contributed by atoms with Gasteiger partial charge in [0.2, 0.25) is 0 Å². The van der Waals surface area contributed by atoms with Crippen LogP contribution in [0.3, 0.4) is 0 Å². The molecule has 2 aromatic heterocycles. The molecule has 0 spiro atoms. The minimum Gasteiger partial charge on any atom is -0.497 e. The van der Waals surface area contributed by atoms with Crippen LogP contribution in [0.1, 0.15) is 12.0 Å². The van der Waals surface area contributed by atoms with Gasteiger partial charge < -0.3 is 20.1 Å². The number of carbonyl (C=O) groups excluding carboxylic acids is 1. The van der Waals surface area contributed by atoms with Crippen molar-refractivity contribution >= 4 is 17.3 Å². The number of allylic oxidation sites excluding steroid dienone is 1. The van der Waals surface area contributed by atoms with Gasteiger partial charge in [-0.15, -0.1) is 0 Å². The maximum atomic E-state index is 11.0. The fourth-order valence-electron chi connectivity index (χ4n) is 3.76. The summed E-state index contributed by atoms with van der Waals surface area (Å²) in [4.78, 5) is 21.4. The van der Waals surface area contributed by atoms with Crippen molar-refractivity contribution in [2.45, 2.75) is 18.1 Å². The molecule has 0 amide bonds. The summed E-state index contributed by atoms with van der Waals surface area (Å²) in [7, 11) is 3.18. The topological polar surface area (TPSA) is 108 Å². The second kappa shape index (κ2) is 8.45. The van der Waals surface area contributed by atoms with Crippen molar-refractivity contribution in [3.63, 3.8) is 0 Å². The van der Waals surface area contributed by atoms with E-state index in [-0.39, 0.29) is 6.04 Å². The molecule has 1 aromatic carbocycles. The van der Waals surface area contributed by atoms with Crippen LogP contribution in [0.2, 0.25) is 0 Å². The number of carbonyl (C=O) groups is 1. The van der Waals surface area contributed by atoms with Crippen molar-refractivity contribution in [1.29, 1.82) is 0 Å². The molecule has 3 heterocycles. The Kier molecular flexibility index (Phi) is 5.56. The third-order valence-corrected chi connectivity index (χ3v) is 5.14. The van der Waals surface area contributed by atoms with E-state index >= 15 is 0 Å². The Balaban J connectivity index is 1.90. The molecule has 1 aliphatic heterocycles. The maximum absolute atomic E-state index is 11.0. The molecular formula is C22H22N6O3. The first kappa shape index (κ1) is 20.4. The zero-order valence-corrected chi connectivity index (χ0v) is 17.2. The SMILES string of the molecule is COc1cc(C#CC2(n3ncc4cncnc43)CC(N)CN2C=CC=O)cc(OC)c1. The molecular weight excluding hydrogens is 396 g/mol. The van der Waals surface area contributed by atoms with Crippen molar-refractivity contribution in [2.24, 2.45) is 5.73 Å². The highest BCUT2D eigenvalue weighted by Crippen LogP contribution is 2.35. The molecule has 9 nitrogen and oxygen atoms in total. The zero-order valence-electron chi connectivity index (χ0n) is 17.2. The van der Waals surface area contributed by atoms with Crippen LogP contribution in [-0.2, 0) is 10.5 Å². The molecule has 9 heteroatoms. The molecule has 1 aliphatic rings. The zero-order chi connectivity index (χ0) is 21.8. The molecule has 158 valence electrons. The van der Waals surface area contributed by atoms with E-state index in [1.807, 2.05) is 17.0 Å².